The summed E-state index contributed by atoms with van der Waals surface area (Å²) < 4.78 is 41.7. The maximum absolute atomic E-state index is 15.6. The third kappa shape index (κ3) is 3.88. The molecule has 4 rings (SSSR count). The Hall–Kier alpha value is -3.27. The molecule has 33 heavy (non-hydrogen) atoms. The zero-order valence-electron chi connectivity index (χ0n) is 17.3. The first kappa shape index (κ1) is 22.9. The number of halogens is 3. The number of aromatic nitrogens is 1. The van der Waals surface area contributed by atoms with Crippen molar-refractivity contribution in [2.24, 2.45) is 11.5 Å². The van der Waals surface area contributed by atoms with Gasteiger partial charge >= 0.3 is 0 Å². The molecular weight excluding hydrogens is 456 g/mol. The van der Waals surface area contributed by atoms with Crippen molar-refractivity contribution < 1.29 is 28.2 Å². The lowest BCUT2D eigenvalue weighted by atomic mass is 9.85. The number of aliphatic hydroxyl groups is 1. The molecule has 3 aromatic rings. The van der Waals surface area contributed by atoms with Crippen molar-refractivity contribution in [1.82, 2.24) is 4.98 Å². The number of carbonyl (C=O) groups excluding carboxylic acids is 1. The van der Waals surface area contributed by atoms with Crippen LogP contribution in [0.1, 0.15) is 21.5 Å². The Kier molecular flexibility index (Phi) is 6.20. The number of fused-ring (bicyclic) bond motifs is 1. The predicted molar refractivity (Wildman–Crippen MR) is 117 cm³/mol. The number of ether oxygens (including phenoxy) is 2. The molecule has 1 aromatic heterocycles. The van der Waals surface area contributed by atoms with E-state index in [1.165, 1.54) is 0 Å². The number of amides is 1. The van der Waals surface area contributed by atoms with Crippen molar-refractivity contribution >= 4 is 17.5 Å². The molecule has 1 amide bonds. The number of carbonyl (C=O) groups is 1. The largest absolute Gasteiger partial charge is 0.480 e. The number of nitrogens with zero attached hydrogens (tertiary/aromatic N) is 1. The molecule has 172 valence electrons. The van der Waals surface area contributed by atoms with Crippen molar-refractivity contribution in [3.8, 4) is 22.8 Å². The maximum atomic E-state index is 15.6. The highest BCUT2D eigenvalue weighted by Crippen LogP contribution is 2.50. The smallest absolute Gasteiger partial charge is 0.251 e. The van der Waals surface area contributed by atoms with E-state index in [-0.39, 0.29) is 42.0 Å². The van der Waals surface area contributed by atoms with Crippen LogP contribution in [0.2, 0.25) is 5.02 Å². The lowest BCUT2D eigenvalue weighted by Crippen LogP contribution is -2.39. The van der Waals surface area contributed by atoms with E-state index in [2.05, 4.69) is 4.98 Å². The van der Waals surface area contributed by atoms with Gasteiger partial charge in [-0.25, -0.2) is 13.8 Å². The van der Waals surface area contributed by atoms with E-state index in [1.807, 2.05) is 30.3 Å². The van der Waals surface area contributed by atoms with Crippen LogP contribution in [-0.2, 0) is 12.0 Å². The summed E-state index contributed by atoms with van der Waals surface area (Å²) in [6, 6.07) is 10.2. The molecule has 7 nitrogen and oxygen atoms in total. The monoisotopic (exact) mass is 475 g/mol. The van der Waals surface area contributed by atoms with Crippen molar-refractivity contribution in [3.05, 3.63) is 75.9 Å². The van der Waals surface area contributed by atoms with E-state index >= 15 is 4.39 Å². The lowest BCUT2D eigenvalue weighted by Gasteiger charge is -2.27. The van der Waals surface area contributed by atoms with Crippen LogP contribution < -0.4 is 20.9 Å². The maximum Gasteiger partial charge on any atom is 0.251 e. The van der Waals surface area contributed by atoms with Crippen LogP contribution in [0.3, 0.4) is 0 Å². The van der Waals surface area contributed by atoms with E-state index in [1.54, 1.807) is 0 Å². The number of rotatable bonds is 7. The minimum atomic E-state index is -1.07. The van der Waals surface area contributed by atoms with E-state index in [0.717, 1.165) is 17.8 Å². The fraction of sp³-hybridized carbons (Fsp3) is 0.217. The van der Waals surface area contributed by atoms with E-state index in [4.69, 9.17) is 37.6 Å². The molecule has 2 aromatic carbocycles. The normalized spacial score (nSPS) is 16.9. The van der Waals surface area contributed by atoms with Crippen molar-refractivity contribution in [2.75, 3.05) is 19.8 Å². The second-order valence-corrected chi connectivity index (χ2v) is 7.85. The second-order valence-electron chi connectivity index (χ2n) is 7.47. The molecule has 1 unspecified atom stereocenters. The number of hydrogen-bond acceptors (Lipinski definition) is 6. The number of pyridine rings is 1. The molecule has 0 bridgehead atoms. The molecule has 0 radical (unpaired) electrons. The summed E-state index contributed by atoms with van der Waals surface area (Å²) in [5.74, 6) is -3.32. The van der Waals surface area contributed by atoms with Gasteiger partial charge in [-0.05, 0) is 5.56 Å². The first-order valence-electron chi connectivity index (χ1n) is 10.0. The summed E-state index contributed by atoms with van der Waals surface area (Å²) in [6.07, 6.45) is 1.15. The number of primary amides is 1. The Balaban J connectivity index is 1.97. The van der Waals surface area contributed by atoms with Gasteiger partial charge in [0.15, 0.2) is 11.4 Å². The minimum absolute atomic E-state index is 0.0384. The van der Waals surface area contributed by atoms with Crippen LogP contribution in [0.15, 0.2) is 42.6 Å². The molecule has 2 heterocycles. The Labute approximate surface area is 192 Å². The lowest BCUT2D eigenvalue weighted by molar-refractivity contribution is 0.0999. The van der Waals surface area contributed by atoms with Gasteiger partial charge in [-0.15, -0.1) is 0 Å². The van der Waals surface area contributed by atoms with Crippen LogP contribution in [-0.4, -0.2) is 35.8 Å². The molecule has 0 saturated heterocycles. The third-order valence-corrected chi connectivity index (χ3v) is 5.89. The zero-order valence-corrected chi connectivity index (χ0v) is 18.0. The number of hydrogen-bond donors (Lipinski definition) is 3. The highest BCUT2D eigenvalue weighted by atomic mass is 35.5. The SMILES string of the molecule is NCC1(c2ccccc2)Cc2c(cc(F)c(Cl)c2-c2c(C(N)=O)cnc(OCCO)c2F)O1. The van der Waals surface area contributed by atoms with E-state index in [0.29, 0.717) is 5.56 Å². The molecule has 0 fully saturated rings. The van der Waals surface area contributed by atoms with Gasteiger partial charge in [0, 0.05) is 41.9 Å². The molecule has 0 saturated carbocycles. The molecule has 1 aliphatic rings. The van der Waals surface area contributed by atoms with Gasteiger partial charge in [-0.1, -0.05) is 41.9 Å². The number of aliphatic hydroxyl groups excluding tert-OH is 1. The Bertz CT molecular complexity index is 1230. The minimum Gasteiger partial charge on any atom is -0.480 e. The average Bonchev–Trinajstić information content (AvgIpc) is 3.19. The highest BCUT2D eigenvalue weighted by Gasteiger charge is 2.43. The fourth-order valence-electron chi connectivity index (χ4n) is 3.98. The van der Waals surface area contributed by atoms with E-state index in [9.17, 15) is 9.18 Å². The van der Waals surface area contributed by atoms with Crippen LogP contribution in [0, 0.1) is 11.6 Å². The average molecular weight is 476 g/mol. The van der Waals surface area contributed by atoms with Gasteiger partial charge in [0.1, 0.15) is 18.2 Å². The van der Waals surface area contributed by atoms with Crippen LogP contribution in [0.25, 0.3) is 11.1 Å². The Morgan fingerprint density at radius 2 is 2.00 bits per heavy atom. The highest BCUT2D eigenvalue weighted by molar-refractivity contribution is 6.34. The molecule has 0 spiro atoms. The first-order valence-corrected chi connectivity index (χ1v) is 10.4. The topological polar surface area (TPSA) is 121 Å². The summed E-state index contributed by atoms with van der Waals surface area (Å²) >= 11 is 6.32. The van der Waals surface area contributed by atoms with Crippen LogP contribution >= 0.6 is 11.6 Å². The molecule has 10 heteroatoms. The molecular formula is C23H20ClF2N3O4. The van der Waals surface area contributed by atoms with Gasteiger partial charge < -0.3 is 26.0 Å². The molecule has 1 aliphatic heterocycles. The summed E-state index contributed by atoms with van der Waals surface area (Å²) in [7, 11) is 0. The number of nitrogens with two attached hydrogens (primary N) is 2. The van der Waals surface area contributed by atoms with Crippen LogP contribution in [0.5, 0.6) is 11.6 Å². The first-order chi connectivity index (χ1) is 15.8. The molecule has 0 aliphatic carbocycles. The van der Waals surface area contributed by atoms with Gasteiger partial charge in [-0.3, -0.25) is 4.79 Å². The van der Waals surface area contributed by atoms with E-state index < -0.39 is 40.7 Å². The summed E-state index contributed by atoms with van der Waals surface area (Å²) in [5.41, 5.74) is 10.8. The number of benzene rings is 2. The van der Waals surface area contributed by atoms with Gasteiger partial charge in [-0.2, -0.15) is 0 Å². The van der Waals surface area contributed by atoms with Crippen molar-refractivity contribution in [3.63, 3.8) is 0 Å². The quantitative estimate of drug-likeness (QED) is 0.483. The standard InChI is InChI=1S/C23H20ClF2N3O4/c24-19-15(25)8-16-13(9-23(11-27,33-16)12-4-2-1-3-5-12)17(19)18-14(21(28)31)10-29-22(20(18)26)32-7-6-30/h1-5,8,10,30H,6-7,9,11,27H2,(H2,28,31). The molecule has 1 atom stereocenters. The Morgan fingerprint density at radius 1 is 1.27 bits per heavy atom. The fourth-order valence-corrected chi connectivity index (χ4v) is 4.24. The summed E-state index contributed by atoms with van der Waals surface area (Å²) in [6.45, 7) is -0.605. The molecule has 5 N–H and O–H groups in total. The Morgan fingerprint density at radius 3 is 2.64 bits per heavy atom. The van der Waals surface area contributed by atoms with Crippen molar-refractivity contribution in [2.45, 2.75) is 12.0 Å². The second kappa shape index (κ2) is 8.93. The zero-order chi connectivity index (χ0) is 23.8. The van der Waals surface area contributed by atoms with Gasteiger partial charge in [0.25, 0.3) is 11.8 Å². The summed E-state index contributed by atoms with van der Waals surface area (Å²) in [5, 5.41) is 8.58. The van der Waals surface area contributed by atoms with Gasteiger partial charge in [0.05, 0.1) is 17.2 Å². The summed E-state index contributed by atoms with van der Waals surface area (Å²) in [4.78, 5) is 15.9. The van der Waals surface area contributed by atoms with Gasteiger partial charge in [0.2, 0.25) is 0 Å². The predicted octanol–water partition coefficient (Wildman–Crippen LogP) is 2.94. The van der Waals surface area contributed by atoms with Crippen molar-refractivity contribution in [1.29, 1.82) is 0 Å². The third-order valence-electron chi connectivity index (χ3n) is 5.52. The van der Waals surface area contributed by atoms with Crippen LogP contribution in [0.4, 0.5) is 8.78 Å².